The maximum Gasteiger partial charge on any atom is 0.321 e. The van der Waals surface area contributed by atoms with Crippen LogP contribution in [0.3, 0.4) is 0 Å². The van der Waals surface area contributed by atoms with Gasteiger partial charge in [-0.3, -0.25) is 14.9 Å². The Hall–Kier alpha value is -3.02. The minimum atomic E-state index is -3.89. The lowest BCUT2D eigenvalue weighted by Gasteiger charge is -2.20. The molecule has 2 aromatic carbocycles. The number of aryl methyl sites for hydroxylation is 2. The molecule has 0 fully saturated rings. The molecule has 0 radical (unpaired) electrons. The molecule has 11 heteroatoms. The zero-order valence-corrected chi connectivity index (χ0v) is 17.2. The molecule has 0 saturated carbocycles. The summed E-state index contributed by atoms with van der Waals surface area (Å²) in [5.41, 5.74) is 2.33. The molecular formula is C19H20N2O8S. The van der Waals surface area contributed by atoms with E-state index in [4.69, 9.17) is 14.2 Å². The second-order valence-electron chi connectivity index (χ2n) is 6.69. The SMILES string of the molecule is Cc1ccc(S(=O)(=O)NCC(=O)OCc2cc([N+](=O)[O-])cc3c2OCOC3)cc1C. The van der Waals surface area contributed by atoms with Gasteiger partial charge in [-0.15, -0.1) is 0 Å². The molecule has 0 aliphatic carbocycles. The van der Waals surface area contributed by atoms with Gasteiger partial charge in [0, 0.05) is 23.3 Å². The highest BCUT2D eigenvalue weighted by Crippen LogP contribution is 2.33. The molecule has 2 aromatic rings. The number of nitro benzene ring substituents is 1. The molecule has 10 nitrogen and oxygen atoms in total. The molecule has 0 amide bonds. The van der Waals surface area contributed by atoms with Gasteiger partial charge in [0.25, 0.3) is 5.69 Å². The van der Waals surface area contributed by atoms with Crippen LogP contribution >= 0.6 is 0 Å². The van der Waals surface area contributed by atoms with Crippen molar-refractivity contribution >= 4 is 21.7 Å². The highest BCUT2D eigenvalue weighted by Gasteiger charge is 2.22. The van der Waals surface area contributed by atoms with Crippen molar-refractivity contribution < 1.29 is 32.3 Å². The van der Waals surface area contributed by atoms with Crippen molar-refractivity contribution in [1.29, 1.82) is 0 Å². The number of rotatable bonds is 7. The number of ether oxygens (including phenoxy) is 3. The Balaban J connectivity index is 1.65. The van der Waals surface area contributed by atoms with E-state index in [1.807, 2.05) is 6.92 Å². The largest absolute Gasteiger partial charge is 0.467 e. The monoisotopic (exact) mass is 436 g/mol. The minimum Gasteiger partial charge on any atom is -0.467 e. The van der Waals surface area contributed by atoms with E-state index in [0.29, 0.717) is 16.9 Å². The van der Waals surface area contributed by atoms with E-state index in [1.54, 1.807) is 13.0 Å². The van der Waals surface area contributed by atoms with Crippen LogP contribution < -0.4 is 9.46 Å². The zero-order chi connectivity index (χ0) is 21.9. The van der Waals surface area contributed by atoms with Gasteiger partial charge in [-0.1, -0.05) is 6.07 Å². The molecule has 1 aliphatic rings. The number of fused-ring (bicyclic) bond motifs is 1. The summed E-state index contributed by atoms with van der Waals surface area (Å²) in [7, 11) is -3.89. The number of non-ortho nitro benzene ring substituents is 1. The van der Waals surface area contributed by atoms with Crippen LogP contribution in [0.1, 0.15) is 22.3 Å². The van der Waals surface area contributed by atoms with Gasteiger partial charge < -0.3 is 14.2 Å². The first-order valence-corrected chi connectivity index (χ1v) is 10.4. The number of nitro groups is 1. The number of hydrogen-bond acceptors (Lipinski definition) is 8. The lowest BCUT2D eigenvalue weighted by atomic mass is 10.1. The fourth-order valence-corrected chi connectivity index (χ4v) is 3.87. The molecule has 0 aromatic heterocycles. The van der Waals surface area contributed by atoms with Gasteiger partial charge in [0.1, 0.15) is 18.9 Å². The molecule has 0 atom stereocenters. The number of nitrogens with zero attached hydrogens (tertiary/aromatic N) is 1. The van der Waals surface area contributed by atoms with Crippen molar-refractivity contribution in [1.82, 2.24) is 4.72 Å². The van der Waals surface area contributed by atoms with Crippen molar-refractivity contribution in [3.8, 4) is 5.75 Å². The molecule has 160 valence electrons. The molecule has 0 spiro atoms. The predicted molar refractivity (Wildman–Crippen MR) is 104 cm³/mol. The number of sulfonamides is 1. The lowest BCUT2D eigenvalue weighted by Crippen LogP contribution is -2.30. The summed E-state index contributed by atoms with van der Waals surface area (Å²) in [4.78, 5) is 22.6. The van der Waals surface area contributed by atoms with E-state index in [2.05, 4.69) is 4.72 Å². The zero-order valence-electron chi connectivity index (χ0n) is 16.3. The molecule has 0 bridgehead atoms. The number of nitrogens with one attached hydrogen (secondary N) is 1. The number of hydrogen-bond donors (Lipinski definition) is 1. The van der Waals surface area contributed by atoms with Crippen LogP contribution in [0, 0.1) is 24.0 Å². The van der Waals surface area contributed by atoms with E-state index in [1.165, 1.54) is 24.3 Å². The Labute approximate surface area is 173 Å². The summed E-state index contributed by atoms with van der Waals surface area (Å²) in [6, 6.07) is 7.22. The second kappa shape index (κ2) is 8.78. The first kappa shape index (κ1) is 21.7. The Morgan fingerprint density at radius 3 is 2.70 bits per heavy atom. The highest BCUT2D eigenvalue weighted by atomic mass is 32.2. The third-order valence-corrected chi connectivity index (χ3v) is 5.97. The fraction of sp³-hybridized carbons (Fsp3) is 0.316. The first-order valence-electron chi connectivity index (χ1n) is 8.90. The van der Waals surface area contributed by atoms with Crippen LogP contribution in [-0.4, -0.2) is 32.6 Å². The molecule has 0 saturated heterocycles. The molecule has 0 unspecified atom stereocenters. The fourth-order valence-electron chi connectivity index (χ4n) is 2.82. The van der Waals surface area contributed by atoms with Crippen molar-refractivity contribution in [2.75, 3.05) is 13.3 Å². The lowest BCUT2D eigenvalue weighted by molar-refractivity contribution is -0.385. The standard InChI is InChI=1S/C19H20N2O8S/c1-12-3-4-17(5-13(12)2)30(25,26)20-8-18(22)28-10-15-7-16(21(23)24)6-14-9-27-11-29-19(14)15/h3-7,20H,8-11H2,1-2H3. The summed E-state index contributed by atoms with van der Waals surface area (Å²) >= 11 is 0. The first-order chi connectivity index (χ1) is 14.2. The molecule has 1 aliphatic heterocycles. The average Bonchev–Trinajstić information content (AvgIpc) is 2.72. The summed E-state index contributed by atoms with van der Waals surface area (Å²) in [6.45, 7) is 2.86. The molecule has 3 rings (SSSR count). The second-order valence-corrected chi connectivity index (χ2v) is 8.46. The smallest absolute Gasteiger partial charge is 0.321 e. The Kier molecular flexibility index (Phi) is 6.34. The van der Waals surface area contributed by atoms with E-state index in [-0.39, 0.29) is 30.6 Å². The van der Waals surface area contributed by atoms with Crippen LogP contribution in [0.5, 0.6) is 5.75 Å². The molecule has 1 heterocycles. The van der Waals surface area contributed by atoms with Gasteiger partial charge in [-0.2, -0.15) is 4.72 Å². The van der Waals surface area contributed by atoms with Crippen molar-refractivity contribution in [3.63, 3.8) is 0 Å². The average molecular weight is 436 g/mol. The number of carbonyl (C=O) groups is 1. The molecular weight excluding hydrogens is 416 g/mol. The maximum atomic E-state index is 12.4. The van der Waals surface area contributed by atoms with E-state index >= 15 is 0 Å². The van der Waals surface area contributed by atoms with Gasteiger partial charge in [-0.25, -0.2) is 8.42 Å². The summed E-state index contributed by atoms with van der Waals surface area (Å²) in [5.74, 6) is -0.481. The number of carbonyl (C=O) groups excluding carboxylic acids is 1. The van der Waals surface area contributed by atoms with E-state index < -0.39 is 27.5 Å². The highest BCUT2D eigenvalue weighted by molar-refractivity contribution is 7.89. The van der Waals surface area contributed by atoms with Gasteiger partial charge in [0.2, 0.25) is 10.0 Å². The molecule has 1 N–H and O–H groups in total. The van der Waals surface area contributed by atoms with Crippen LogP contribution in [0.4, 0.5) is 5.69 Å². The number of benzene rings is 2. The van der Waals surface area contributed by atoms with Crippen molar-refractivity contribution in [2.24, 2.45) is 0 Å². The van der Waals surface area contributed by atoms with E-state index in [0.717, 1.165) is 11.1 Å². The Morgan fingerprint density at radius 2 is 2.00 bits per heavy atom. The van der Waals surface area contributed by atoms with Crippen molar-refractivity contribution in [3.05, 3.63) is 62.7 Å². The maximum absolute atomic E-state index is 12.4. The van der Waals surface area contributed by atoms with Crippen LogP contribution in [0.25, 0.3) is 0 Å². The van der Waals surface area contributed by atoms with Gasteiger partial charge in [-0.05, 0) is 37.1 Å². The quantitative estimate of drug-likeness (QED) is 0.396. The summed E-state index contributed by atoms with van der Waals surface area (Å²) < 4.78 is 42.5. The third kappa shape index (κ3) is 4.93. The molecule has 30 heavy (non-hydrogen) atoms. The topological polar surface area (TPSA) is 134 Å². The minimum absolute atomic E-state index is 0.0263. The van der Waals surface area contributed by atoms with Crippen LogP contribution in [0.15, 0.2) is 35.2 Å². The van der Waals surface area contributed by atoms with Crippen LogP contribution in [-0.2, 0) is 37.5 Å². The van der Waals surface area contributed by atoms with Gasteiger partial charge in [0.15, 0.2) is 6.79 Å². The van der Waals surface area contributed by atoms with Crippen molar-refractivity contribution in [2.45, 2.75) is 32.0 Å². The van der Waals surface area contributed by atoms with Gasteiger partial charge >= 0.3 is 5.97 Å². The Bertz CT molecular complexity index is 1100. The number of esters is 1. The third-order valence-electron chi connectivity index (χ3n) is 4.57. The summed E-state index contributed by atoms with van der Waals surface area (Å²) in [6.07, 6.45) is 0. The summed E-state index contributed by atoms with van der Waals surface area (Å²) in [5, 5.41) is 11.1. The Morgan fingerprint density at radius 1 is 1.23 bits per heavy atom. The normalized spacial score (nSPS) is 13.3. The van der Waals surface area contributed by atoms with Crippen LogP contribution in [0.2, 0.25) is 0 Å². The predicted octanol–water partition coefficient (Wildman–Crippen LogP) is 2.10. The van der Waals surface area contributed by atoms with Gasteiger partial charge in [0.05, 0.1) is 16.4 Å². The van der Waals surface area contributed by atoms with E-state index in [9.17, 15) is 23.3 Å².